The van der Waals surface area contributed by atoms with E-state index in [2.05, 4.69) is 15.5 Å². The van der Waals surface area contributed by atoms with E-state index in [9.17, 15) is 4.79 Å². The molecule has 0 aromatic carbocycles. The van der Waals surface area contributed by atoms with Crippen molar-refractivity contribution in [2.45, 2.75) is 62.3 Å². The van der Waals surface area contributed by atoms with Gasteiger partial charge < -0.3 is 15.9 Å². The van der Waals surface area contributed by atoms with E-state index in [1.54, 1.807) is 7.11 Å². The highest BCUT2D eigenvalue weighted by Gasteiger charge is 2.20. The van der Waals surface area contributed by atoms with Gasteiger partial charge in [0.05, 0.1) is 11.9 Å². The highest BCUT2D eigenvalue weighted by atomic mass is 32.2. The molecule has 2 rings (SSSR count). The fraction of sp³-hybridized carbons (Fsp3) is 0.812. The average molecular weight is 356 g/mol. The van der Waals surface area contributed by atoms with Crippen LogP contribution in [0.2, 0.25) is 0 Å². The van der Waals surface area contributed by atoms with Gasteiger partial charge in [0.1, 0.15) is 0 Å². The summed E-state index contributed by atoms with van der Waals surface area (Å²) >= 11 is 1.33. The van der Waals surface area contributed by atoms with Crippen molar-refractivity contribution < 1.29 is 9.53 Å². The van der Waals surface area contributed by atoms with E-state index in [4.69, 9.17) is 10.6 Å². The smallest absolute Gasteiger partial charge is 0.233 e. The molecule has 1 aromatic rings. The number of thioether (sulfide) groups is 1. The molecule has 0 spiro atoms. The van der Waals surface area contributed by atoms with Crippen LogP contribution >= 0.6 is 11.8 Å². The molecule has 0 unspecified atom stereocenters. The van der Waals surface area contributed by atoms with Crippen molar-refractivity contribution in [1.29, 1.82) is 0 Å². The van der Waals surface area contributed by atoms with Gasteiger partial charge in [-0.15, -0.1) is 10.2 Å². The highest BCUT2D eigenvalue weighted by molar-refractivity contribution is 8.00. The van der Waals surface area contributed by atoms with Crippen molar-refractivity contribution in [2.75, 3.05) is 26.1 Å². The molecule has 1 aliphatic rings. The van der Waals surface area contributed by atoms with E-state index in [1.807, 2.05) is 6.92 Å². The van der Waals surface area contributed by atoms with Crippen LogP contribution in [0.15, 0.2) is 5.16 Å². The maximum absolute atomic E-state index is 12.0. The number of carbonyl (C=O) groups is 1. The minimum atomic E-state index is -0.278. The molecular weight excluding hydrogens is 326 g/mol. The van der Waals surface area contributed by atoms with Gasteiger partial charge in [0.15, 0.2) is 5.82 Å². The van der Waals surface area contributed by atoms with Crippen molar-refractivity contribution in [3.8, 4) is 0 Å². The van der Waals surface area contributed by atoms with E-state index >= 15 is 0 Å². The maximum atomic E-state index is 12.0. The summed E-state index contributed by atoms with van der Waals surface area (Å²) in [6.07, 6.45) is 8.66. The van der Waals surface area contributed by atoms with Crippen LogP contribution in [0.4, 0.5) is 0 Å². The number of methoxy groups -OCH3 is 1. The van der Waals surface area contributed by atoms with Crippen LogP contribution in [-0.2, 0) is 16.0 Å². The van der Waals surface area contributed by atoms with Crippen molar-refractivity contribution in [2.24, 2.45) is 5.92 Å². The summed E-state index contributed by atoms with van der Waals surface area (Å²) in [7, 11) is 1.61. The first kappa shape index (κ1) is 19.1. The molecule has 7 nitrogen and oxygen atoms in total. The van der Waals surface area contributed by atoms with Crippen LogP contribution in [0, 0.1) is 5.92 Å². The van der Waals surface area contributed by atoms with E-state index in [0.29, 0.717) is 18.3 Å². The fourth-order valence-electron chi connectivity index (χ4n) is 3.00. The van der Waals surface area contributed by atoms with Gasteiger partial charge in [-0.1, -0.05) is 43.9 Å². The number of rotatable bonds is 9. The van der Waals surface area contributed by atoms with Crippen LogP contribution in [0.25, 0.3) is 0 Å². The monoisotopic (exact) mass is 355 g/mol. The third kappa shape index (κ3) is 5.66. The van der Waals surface area contributed by atoms with Crippen LogP contribution in [0.5, 0.6) is 0 Å². The number of aromatic nitrogens is 3. The van der Waals surface area contributed by atoms with Gasteiger partial charge >= 0.3 is 0 Å². The molecule has 136 valence electrons. The molecule has 24 heavy (non-hydrogen) atoms. The van der Waals surface area contributed by atoms with Crippen molar-refractivity contribution in [3.05, 3.63) is 5.82 Å². The molecule has 1 saturated carbocycles. The second-order valence-electron chi connectivity index (χ2n) is 6.36. The average Bonchev–Trinajstić information content (AvgIpc) is 2.94. The molecule has 0 bridgehead atoms. The summed E-state index contributed by atoms with van der Waals surface area (Å²) in [4.78, 5) is 12.0. The van der Waals surface area contributed by atoms with Gasteiger partial charge in [-0.3, -0.25) is 4.79 Å². The zero-order valence-corrected chi connectivity index (χ0v) is 15.5. The Kier molecular flexibility index (Phi) is 7.84. The first-order chi connectivity index (χ1) is 11.6. The first-order valence-corrected chi connectivity index (χ1v) is 9.62. The van der Waals surface area contributed by atoms with E-state index in [0.717, 1.165) is 24.6 Å². The Bertz CT molecular complexity index is 517. The quantitative estimate of drug-likeness (QED) is 0.398. The Morgan fingerprint density at radius 3 is 2.88 bits per heavy atom. The Balaban J connectivity index is 1.81. The van der Waals surface area contributed by atoms with E-state index in [1.165, 1.54) is 48.5 Å². The van der Waals surface area contributed by atoms with Gasteiger partial charge in [-0.2, -0.15) is 0 Å². The van der Waals surface area contributed by atoms with Crippen LogP contribution in [0.1, 0.15) is 51.3 Å². The molecule has 3 N–H and O–H groups in total. The molecule has 1 fully saturated rings. The molecule has 0 radical (unpaired) electrons. The van der Waals surface area contributed by atoms with Gasteiger partial charge in [0.2, 0.25) is 11.1 Å². The normalized spacial score (nSPS) is 16.9. The lowest BCUT2D eigenvalue weighted by atomic mass is 9.86. The highest BCUT2D eigenvalue weighted by Crippen LogP contribution is 2.28. The summed E-state index contributed by atoms with van der Waals surface area (Å²) < 4.78 is 6.46. The minimum absolute atomic E-state index is 0.0520. The summed E-state index contributed by atoms with van der Waals surface area (Å²) in [6, 6.07) is 0. The zero-order valence-electron chi connectivity index (χ0n) is 14.7. The van der Waals surface area contributed by atoms with Crippen LogP contribution in [0.3, 0.4) is 0 Å². The van der Waals surface area contributed by atoms with Crippen LogP contribution in [-0.4, -0.2) is 46.3 Å². The predicted molar refractivity (Wildman–Crippen MR) is 95.3 cm³/mol. The van der Waals surface area contributed by atoms with Crippen molar-refractivity contribution >= 4 is 17.7 Å². The predicted octanol–water partition coefficient (Wildman–Crippen LogP) is 1.75. The number of aryl methyl sites for hydroxylation is 1. The van der Waals surface area contributed by atoms with Gasteiger partial charge in [0.25, 0.3) is 0 Å². The summed E-state index contributed by atoms with van der Waals surface area (Å²) in [6.45, 7) is 2.84. The number of nitrogens with two attached hydrogens (primary N) is 1. The zero-order chi connectivity index (χ0) is 17.4. The van der Waals surface area contributed by atoms with Crippen molar-refractivity contribution in [3.63, 3.8) is 0 Å². The molecule has 1 atom stereocenters. The molecular formula is C16H29N5O2S. The summed E-state index contributed by atoms with van der Waals surface area (Å²) in [5.74, 6) is 7.65. The van der Waals surface area contributed by atoms with Gasteiger partial charge in [-0.25, -0.2) is 4.68 Å². The number of hydrogen-bond acceptors (Lipinski definition) is 6. The Labute approximate surface area is 148 Å². The second-order valence-corrected chi connectivity index (χ2v) is 7.66. The minimum Gasteiger partial charge on any atom is -0.383 e. The fourth-order valence-corrected chi connectivity index (χ4v) is 3.81. The van der Waals surface area contributed by atoms with Gasteiger partial charge in [0, 0.05) is 20.1 Å². The van der Waals surface area contributed by atoms with Crippen molar-refractivity contribution in [1.82, 2.24) is 20.2 Å². The number of nitrogen functional groups attached to an aromatic ring is 1. The van der Waals surface area contributed by atoms with E-state index < -0.39 is 0 Å². The third-order valence-corrected chi connectivity index (χ3v) is 5.55. The first-order valence-electron chi connectivity index (χ1n) is 8.74. The number of hydrogen-bond donors (Lipinski definition) is 2. The summed E-state index contributed by atoms with van der Waals surface area (Å²) in [5, 5.41) is 11.5. The molecule has 0 saturated heterocycles. The largest absolute Gasteiger partial charge is 0.383 e. The third-order valence-electron chi connectivity index (χ3n) is 4.49. The number of ether oxygens (including phenoxy) is 1. The molecule has 8 heteroatoms. The Hall–Kier alpha value is -1.28. The topological polar surface area (TPSA) is 95.1 Å². The molecule has 1 aliphatic carbocycles. The number of nitrogens with one attached hydrogen (secondary N) is 1. The molecule has 1 amide bonds. The standard InChI is InChI=1S/C16H29N5O2S/c1-12(15(22)18-10-11-23-2)24-16-20-19-14(21(16)17)9-8-13-6-4-3-5-7-13/h12-13H,3-11,17H2,1-2H3,(H,18,22)/t12-/m1/s1. The lowest BCUT2D eigenvalue weighted by Gasteiger charge is -2.20. The van der Waals surface area contributed by atoms with Crippen LogP contribution < -0.4 is 11.2 Å². The summed E-state index contributed by atoms with van der Waals surface area (Å²) in [5.41, 5.74) is 0. The van der Waals surface area contributed by atoms with E-state index in [-0.39, 0.29) is 11.2 Å². The Morgan fingerprint density at radius 1 is 1.42 bits per heavy atom. The molecule has 0 aliphatic heterocycles. The van der Waals surface area contributed by atoms with Gasteiger partial charge in [-0.05, 0) is 19.3 Å². The molecule has 1 aromatic heterocycles. The maximum Gasteiger partial charge on any atom is 0.233 e. The molecule has 1 heterocycles. The lowest BCUT2D eigenvalue weighted by Crippen LogP contribution is -2.33. The Morgan fingerprint density at radius 2 is 2.17 bits per heavy atom. The lowest BCUT2D eigenvalue weighted by molar-refractivity contribution is -0.120. The number of amides is 1. The number of carbonyl (C=O) groups excluding carboxylic acids is 1. The SMILES string of the molecule is COCCNC(=O)[C@@H](C)Sc1nnc(CCC2CCCCC2)n1N. The second kappa shape index (κ2) is 9.88. The number of nitrogens with zero attached hydrogens (tertiary/aromatic N) is 3.